The van der Waals surface area contributed by atoms with Crippen LogP contribution in [0, 0.1) is 65.5 Å². The van der Waals surface area contributed by atoms with E-state index < -0.39 is 24.3 Å². The van der Waals surface area contributed by atoms with E-state index in [4.69, 9.17) is 5.48 Å². The second-order valence-electron chi connectivity index (χ2n) is 17.1. The van der Waals surface area contributed by atoms with Crippen LogP contribution in [0.15, 0.2) is 84.8 Å². The van der Waals surface area contributed by atoms with E-state index in [0.717, 1.165) is 72.4 Å². The number of carbonyl (C=O) groups is 1. The molecule has 0 bridgehead atoms. The molecule has 0 saturated heterocycles. The minimum Gasteiger partial charge on any atom is -0.512 e. The van der Waals surface area contributed by atoms with E-state index in [1.807, 2.05) is 39.8 Å². The fourth-order valence-electron chi connectivity index (χ4n) is 7.97. The SMILES string of the molecule is CCC(CC)C(=O)/C=C(\O)C(CC)CC(F)(F)F.[2H]c1nc(-c2[c-]c(C)cc(C)c2)c2cc(C)c(C(C)C)cc2c1[2H].[2H]c1nc(-c2[c-]c(C)cc(C)c2)c2cc(C)c(C(C)C)cc2c1[2H].[Ir]. The third kappa shape index (κ3) is 14.4. The second-order valence-corrected chi connectivity index (χ2v) is 17.1. The van der Waals surface area contributed by atoms with Gasteiger partial charge in [0.25, 0.3) is 0 Å². The Hall–Kier alpha value is -4.65. The molecule has 2 aromatic heterocycles. The van der Waals surface area contributed by atoms with Crippen LogP contribution >= 0.6 is 0 Å². The Morgan fingerprint density at radius 1 is 0.683 bits per heavy atom. The molecule has 6 aromatic rings. The van der Waals surface area contributed by atoms with Crippen molar-refractivity contribution in [3.63, 3.8) is 0 Å². The van der Waals surface area contributed by atoms with E-state index in [-0.39, 0.29) is 62.7 Å². The molecule has 1 unspecified atom stereocenters. The Balaban J connectivity index is 0.000000268. The summed E-state index contributed by atoms with van der Waals surface area (Å²) in [6, 6.07) is 23.7. The number of ketones is 1. The van der Waals surface area contributed by atoms with Crippen molar-refractivity contribution in [2.75, 3.05) is 0 Å². The van der Waals surface area contributed by atoms with Gasteiger partial charge in [0, 0.05) is 50.4 Å². The van der Waals surface area contributed by atoms with Crippen LogP contribution in [0.4, 0.5) is 13.2 Å². The number of pyridine rings is 2. The predicted molar refractivity (Wildman–Crippen MR) is 253 cm³/mol. The number of carbonyl (C=O) groups excluding carboxylic acids is 1. The van der Waals surface area contributed by atoms with Crippen molar-refractivity contribution >= 4 is 27.3 Å². The number of hydrogen-bond acceptors (Lipinski definition) is 4. The molecule has 0 aliphatic carbocycles. The first-order chi connectivity index (χ1) is 30.8. The molecule has 1 atom stereocenters. The Labute approximate surface area is 393 Å². The molecule has 8 heteroatoms. The fourth-order valence-corrected chi connectivity index (χ4v) is 7.97. The minimum atomic E-state index is -4.33. The number of aliphatic hydroxyl groups is 1. The van der Waals surface area contributed by atoms with Gasteiger partial charge in [-0.2, -0.15) is 13.2 Å². The number of alkyl halides is 3. The molecule has 1 N–H and O–H groups in total. The van der Waals surface area contributed by atoms with Crippen molar-refractivity contribution in [1.29, 1.82) is 0 Å². The zero-order valence-corrected chi connectivity index (χ0v) is 41.4. The summed E-state index contributed by atoms with van der Waals surface area (Å²) in [7, 11) is 0. The van der Waals surface area contributed by atoms with Gasteiger partial charge >= 0.3 is 6.18 Å². The van der Waals surface area contributed by atoms with E-state index in [1.165, 1.54) is 22.3 Å². The molecule has 339 valence electrons. The van der Waals surface area contributed by atoms with Gasteiger partial charge in [-0.05, 0) is 112 Å². The van der Waals surface area contributed by atoms with Crippen LogP contribution in [0.25, 0.3) is 44.1 Å². The van der Waals surface area contributed by atoms with Gasteiger partial charge in [-0.1, -0.05) is 100 Å². The van der Waals surface area contributed by atoms with Crippen LogP contribution in [-0.4, -0.2) is 27.0 Å². The number of benzene rings is 4. The van der Waals surface area contributed by atoms with Gasteiger partial charge in [0.1, 0.15) is 0 Å². The van der Waals surface area contributed by atoms with Crippen LogP contribution in [0.5, 0.6) is 0 Å². The van der Waals surface area contributed by atoms with Gasteiger partial charge < -0.3 is 15.1 Å². The van der Waals surface area contributed by atoms with Gasteiger partial charge in [0.15, 0.2) is 5.78 Å². The Kier molecular flexibility index (Phi) is 17.2. The van der Waals surface area contributed by atoms with Gasteiger partial charge in [0.05, 0.1) is 17.7 Å². The average Bonchev–Trinajstić information content (AvgIpc) is 3.21. The van der Waals surface area contributed by atoms with Crippen LogP contribution in [0.3, 0.4) is 0 Å². The van der Waals surface area contributed by atoms with E-state index in [2.05, 4.69) is 114 Å². The van der Waals surface area contributed by atoms with Crippen LogP contribution < -0.4 is 0 Å². The molecule has 4 aromatic carbocycles. The van der Waals surface area contributed by atoms with Crippen molar-refractivity contribution in [2.24, 2.45) is 11.8 Å². The maximum absolute atomic E-state index is 12.3. The number of hydrogen-bond donors (Lipinski definition) is 1. The molecule has 0 spiro atoms. The molecule has 0 saturated carbocycles. The summed E-state index contributed by atoms with van der Waals surface area (Å²) in [5.41, 5.74) is 12.5. The van der Waals surface area contributed by atoms with Gasteiger partial charge in [0.2, 0.25) is 0 Å². The maximum Gasteiger partial charge on any atom is 0.389 e. The molecule has 0 amide bonds. The average molecular weight is 1040 g/mol. The summed E-state index contributed by atoms with van der Waals surface area (Å²) < 4.78 is 69.6. The molecule has 0 aliphatic heterocycles. The number of rotatable bonds is 11. The normalized spacial score (nSPS) is 13.1. The first-order valence-corrected chi connectivity index (χ1v) is 21.7. The molecule has 0 aliphatic rings. The van der Waals surface area contributed by atoms with Gasteiger partial charge in [-0.3, -0.25) is 4.79 Å². The molecular formula is C55H65F3IrN2O2-2. The summed E-state index contributed by atoms with van der Waals surface area (Å²) in [6.45, 7) is 26.2. The van der Waals surface area contributed by atoms with Crippen molar-refractivity contribution in [2.45, 2.75) is 134 Å². The standard InChI is InChI=1S/2C21H22N.C13H21F3O2.Ir/c2*1-13(2)19-12-17-6-7-22-21(20(17)11-16(19)5)18-9-14(3)8-15(4)10-18;1-4-9(5-2)11(17)7-12(18)10(6-3)8-13(14,15)16;/h2*6-9,11-13H,1-5H3;7,9-10,18H,4-6,8H2,1-3H3;/q2*-1;;/b;;12-7-;/i2*6D,7D;;. The van der Waals surface area contributed by atoms with E-state index >= 15 is 0 Å². The zero-order chi connectivity index (χ0) is 49.5. The number of nitrogens with zero attached hydrogens (tertiary/aromatic N) is 2. The summed E-state index contributed by atoms with van der Waals surface area (Å²) in [4.78, 5) is 20.5. The van der Waals surface area contributed by atoms with Crippen LogP contribution in [-0.2, 0) is 24.9 Å². The van der Waals surface area contributed by atoms with Crippen molar-refractivity contribution in [1.82, 2.24) is 9.97 Å². The summed E-state index contributed by atoms with van der Waals surface area (Å²) >= 11 is 0. The second kappa shape index (κ2) is 23.3. The third-order valence-corrected chi connectivity index (χ3v) is 11.2. The molecule has 4 nitrogen and oxygen atoms in total. The summed E-state index contributed by atoms with van der Waals surface area (Å²) in [6.07, 6.45) is -3.03. The number of aromatic nitrogens is 2. The first kappa shape index (κ1) is 46.3. The Morgan fingerprint density at radius 3 is 1.41 bits per heavy atom. The van der Waals surface area contributed by atoms with E-state index in [9.17, 15) is 23.1 Å². The van der Waals surface area contributed by atoms with Crippen molar-refractivity contribution in [3.8, 4) is 22.5 Å². The van der Waals surface area contributed by atoms with Crippen molar-refractivity contribution in [3.05, 3.63) is 141 Å². The van der Waals surface area contributed by atoms with Gasteiger partial charge in [-0.15, -0.1) is 69.8 Å². The molecule has 63 heavy (non-hydrogen) atoms. The minimum absolute atomic E-state index is 0. The largest absolute Gasteiger partial charge is 0.512 e. The zero-order valence-electron chi connectivity index (χ0n) is 43.1. The smallest absolute Gasteiger partial charge is 0.389 e. The maximum atomic E-state index is 12.3. The third-order valence-electron chi connectivity index (χ3n) is 11.2. The summed E-state index contributed by atoms with van der Waals surface area (Å²) in [5.74, 6) is -1.23. The monoisotopic (exact) mass is 1040 g/mol. The first-order valence-electron chi connectivity index (χ1n) is 23.7. The molecule has 1 radical (unpaired) electrons. The molecule has 0 fully saturated rings. The Morgan fingerprint density at radius 2 is 1.08 bits per heavy atom. The molecular weight excluding hydrogens is 970 g/mol. The number of fused-ring (bicyclic) bond motifs is 2. The summed E-state index contributed by atoms with van der Waals surface area (Å²) in [5, 5.41) is 13.1. The van der Waals surface area contributed by atoms with E-state index in [0.29, 0.717) is 24.7 Å². The van der Waals surface area contributed by atoms with E-state index in [1.54, 1.807) is 6.92 Å². The van der Waals surface area contributed by atoms with Gasteiger partial charge in [-0.25, -0.2) is 0 Å². The van der Waals surface area contributed by atoms with Crippen molar-refractivity contribution < 1.29 is 48.7 Å². The number of aliphatic hydroxyl groups excluding tert-OH is 1. The van der Waals surface area contributed by atoms with Crippen LogP contribution in [0.2, 0.25) is 0 Å². The number of aryl methyl sites for hydroxylation is 6. The quantitative estimate of drug-likeness (QED) is 0.0798. The topological polar surface area (TPSA) is 63.1 Å². The predicted octanol–water partition coefficient (Wildman–Crippen LogP) is 15.9. The molecule has 6 rings (SSSR count). The van der Waals surface area contributed by atoms with Crippen LogP contribution in [0.1, 0.15) is 136 Å². The Bertz CT molecular complexity index is 2550. The fraction of sp³-hybridized carbons (Fsp3) is 0.400. The molecule has 2 heterocycles. The number of allylic oxidation sites excluding steroid dienone is 2. The number of halogens is 3.